The van der Waals surface area contributed by atoms with E-state index in [0.717, 1.165) is 11.3 Å². The van der Waals surface area contributed by atoms with E-state index in [2.05, 4.69) is 10.6 Å². The molecule has 0 atom stereocenters. The Balaban J connectivity index is 1.66. The second-order valence-corrected chi connectivity index (χ2v) is 6.51. The van der Waals surface area contributed by atoms with Crippen molar-refractivity contribution in [1.29, 1.82) is 0 Å². The number of benzene rings is 3. The minimum Gasteiger partial charge on any atom is -0.493 e. The van der Waals surface area contributed by atoms with Crippen LogP contribution >= 0.6 is 0 Å². The van der Waals surface area contributed by atoms with Crippen LogP contribution in [0, 0.1) is 0 Å². The number of carbonyl (C=O) groups is 1. The molecule has 0 fully saturated rings. The number of hydrogen-bond donors (Lipinski definition) is 3. The number of nitrogen functional groups attached to an aromatic ring is 1. The normalized spacial score (nSPS) is 10.2. The molecule has 0 aliphatic heterocycles. The van der Waals surface area contributed by atoms with Crippen molar-refractivity contribution in [3.63, 3.8) is 0 Å². The van der Waals surface area contributed by atoms with Gasteiger partial charge in [-0.1, -0.05) is 12.1 Å². The number of nitrogens with one attached hydrogen (secondary N) is 2. The number of carbonyl (C=O) groups excluding carboxylic acids is 1. The number of ether oxygens (including phenoxy) is 3. The van der Waals surface area contributed by atoms with Crippen LogP contribution in [-0.4, -0.2) is 27.2 Å². The summed E-state index contributed by atoms with van der Waals surface area (Å²) in [5.41, 5.74) is 9.36. The van der Waals surface area contributed by atoms with E-state index in [4.69, 9.17) is 19.9 Å². The molecule has 0 unspecified atom stereocenters. The average molecular weight is 407 g/mol. The number of hydrogen-bond acceptors (Lipinski definition) is 6. The summed E-state index contributed by atoms with van der Waals surface area (Å²) in [5.74, 6) is 1.53. The molecule has 4 N–H and O–H groups in total. The van der Waals surface area contributed by atoms with Gasteiger partial charge < -0.3 is 30.6 Å². The van der Waals surface area contributed by atoms with E-state index in [-0.39, 0.29) is 5.91 Å². The summed E-state index contributed by atoms with van der Waals surface area (Å²) in [7, 11) is 4.74. The fourth-order valence-corrected chi connectivity index (χ4v) is 2.99. The number of nitrogens with two attached hydrogens (primary N) is 1. The van der Waals surface area contributed by atoms with Crippen molar-refractivity contribution < 1.29 is 19.0 Å². The third-order valence-corrected chi connectivity index (χ3v) is 4.58. The molecule has 3 aromatic carbocycles. The molecule has 3 aromatic rings. The Kier molecular flexibility index (Phi) is 6.64. The standard InChI is InChI=1S/C23H25N3O4/c1-28-20-12-15(13-21(29-2)22(20)30-3)14-25-17-10-8-16(9-11-17)23(27)26-19-7-5-4-6-18(19)24/h4-13,25H,14,24H2,1-3H3,(H,26,27). The van der Waals surface area contributed by atoms with Gasteiger partial charge in [0.25, 0.3) is 5.91 Å². The molecule has 0 saturated heterocycles. The molecule has 0 aliphatic carbocycles. The van der Waals surface area contributed by atoms with Gasteiger partial charge in [-0.2, -0.15) is 0 Å². The van der Waals surface area contributed by atoms with Gasteiger partial charge in [0.1, 0.15) is 0 Å². The lowest BCUT2D eigenvalue weighted by atomic mass is 10.1. The van der Waals surface area contributed by atoms with E-state index in [1.165, 1.54) is 0 Å². The van der Waals surface area contributed by atoms with Crippen LogP contribution in [0.3, 0.4) is 0 Å². The summed E-state index contributed by atoms with van der Waals surface area (Å²) in [5, 5.41) is 6.14. The first-order chi connectivity index (χ1) is 14.5. The van der Waals surface area contributed by atoms with E-state index in [1.807, 2.05) is 36.4 Å². The van der Waals surface area contributed by atoms with E-state index < -0.39 is 0 Å². The van der Waals surface area contributed by atoms with Gasteiger partial charge in [0.15, 0.2) is 11.5 Å². The smallest absolute Gasteiger partial charge is 0.255 e. The van der Waals surface area contributed by atoms with Gasteiger partial charge in [0.2, 0.25) is 5.75 Å². The molecule has 1 amide bonds. The molecule has 0 spiro atoms. The van der Waals surface area contributed by atoms with Crippen LogP contribution < -0.4 is 30.6 Å². The van der Waals surface area contributed by atoms with Crippen LogP contribution in [0.2, 0.25) is 0 Å². The third-order valence-electron chi connectivity index (χ3n) is 4.58. The molecular weight excluding hydrogens is 382 g/mol. The van der Waals surface area contributed by atoms with Crippen molar-refractivity contribution in [1.82, 2.24) is 0 Å². The first-order valence-corrected chi connectivity index (χ1v) is 9.34. The molecule has 0 aliphatic rings. The van der Waals surface area contributed by atoms with Crippen molar-refractivity contribution in [2.45, 2.75) is 6.54 Å². The van der Waals surface area contributed by atoms with Crippen LogP contribution in [0.5, 0.6) is 17.2 Å². The van der Waals surface area contributed by atoms with Crippen molar-refractivity contribution in [2.75, 3.05) is 37.7 Å². The van der Waals surface area contributed by atoms with Crippen LogP contribution in [0.1, 0.15) is 15.9 Å². The molecule has 0 heterocycles. The molecule has 0 aromatic heterocycles. The summed E-state index contributed by atoms with van der Waals surface area (Å²) < 4.78 is 16.1. The van der Waals surface area contributed by atoms with E-state index >= 15 is 0 Å². The number of amides is 1. The zero-order valence-corrected chi connectivity index (χ0v) is 17.2. The summed E-state index contributed by atoms with van der Waals surface area (Å²) in [6.07, 6.45) is 0. The van der Waals surface area contributed by atoms with Gasteiger partial charge in [0.05, 0.1) is 32.7 Å². The predicted molar refractivity (Wildman–Crippen MR) is 119 cm³/mol. The zero-order valence-electron chi connectivity index (χ0n) is 17.2. The molecule has 30 heavy (non-hydrogen) atoms. The van der Waals surface area contributed by atoms with Gasteiger partial charge in [-0.15, -0.1) is 0 Å². The van der Waals surface area contributed by atoms with Crippen molar-refractivity contribution in [2.24, 2.45) is 0 Å². The van der Waals surface area contributed by atoms with Crippen molar-refractivity contribution >= 4 is 23.0 Å². The Hall–Kier alpha value is -3.87. The van der Waals surface area contributed by atoms with Crippen LogP contribution in [0.25, 0.3) is 0 Å². The van der Waals surface area contributed by atoms with E-state index in [9.17, 15) is 4.79 Å². The quantitative estimate of drug-likeness (QED) is 0.486. The minimum atomic E-state index is -0.218. The molecule has 156 valence electrons. The maximum absolute atomic E-state index is 12.4. The first-order valence-electron chi connectivity index (χ1n) is 9.34. The Bertz CT molecular complexity index is 994. The lowest BCUT2D eigenvalue weighted by Crippen LogP contribution is -2.13. The highest BCUT2D eigenvalue weighted by molar-refractivity contribution is 6.05. The Morgan fingerprint density at radius 1 is 0.900 bits per heavy atom. The molecule has 0 saturated carbocycles. The van der Waals surface area contributed by atoms with Crippen molar-refractivity contribution in [3.05, 3.63) is 71.8 Å². The Labute approximate surface area is 175 Å². The minimum absolute atomic E-state index is 0.218. The van der Waals surface area contributed by atoms with Gasteiger partial charge in [0, 0.05) is 17.8 Å². The summed E-state index contributed by atoms with van der Waals surface area (Å²) in [6.45, 7) is 0.544. The monoisotopic (exact) mass is 407 g/mol. The Morgan fingerprint density at radius 2 is 1.53 bits per heavy atom. The highest BCUT2D eigenvalue weighted by Gasteiger charge is 2.13. The molecular formula is C23H25N3O4. The average Bonchev–Trinajstić information content (AvgIpc) is 2.78. The van der Waals surface area contributed by atoms with Gasteiger partial charge in [-0.3, -0.25) is 4.79 Å². The topological polar surface area (TPSA) is 94.8 Å². The lowest BCUT2D eigenvalue weighted by molar-refractivity contribution is 0.102. The first kappa shape index (κ1) is 20.9. The maximum Gasteiger partial charge on any atom is 0.255 e. The van der Waals surface area contributed by atoms with Gasteiger partial charge in [-0.25, -0.2) is 0 Å². The fraction of sp³-hybridized carbons (Fsp3) is 0.174. The number of para-hydroxylation sites is 2. The highest BCUT2D eigenvalue weighted by atomic mass is 16.5. The zero-order chi connectivity index (χ0) is 21.5. The summed E-state index contributed by atoms with van der Waals surface area (Å²) >= 11 is 0. The number of anilines is 3. The number of rotatable bonds is 8. The fourth-order valence-electron chi connectivity index (χ4n) is 2.99. The van der Waals surface area contributed by atoms with E-state index in [0.29, 0.717) is 40.7 Å². The molecule has 7 heteroatoms. The van der Waals surface area contributed by atoms with Crippen LogP contribution in [-0.2, 0) is 6.54 Å². The van der Waals surface area contributed by atoms with Crippen molar-refractivity contribution in [3.8, 4) is 17.2 Å². The second-order valence-electron chi connectivity index (χ2n) is 6.51. The summed E-state index contributed by atoms with van der Waals surface area (Å²) in [6, 6.07) is 18.1. The SMILES string of the molecule is COc1cc(CNc2ccc(C(=O)Nc3ccccc3N)cc2)cc(OC)c1OC. The lowest BCUT2D eigenvalue weighted by Gasteiger charge is -2.15. The van der Waals surface area contributed by atoms with E-state index in [1.54, 1.807) is 45.6 Å². The second kappa shape index (κ2) is 9.56. The third kappa shape index (κ3) is 4.75. The van der Waals surface area contributed by atoms with Gasteiger partial charge >= 0.3 is 0 Å². The maximum atomic E-state index is 12.4. The molecule has 0 bridgehead atoms. The highest BCUT2D eigenvalue weighted by Crippen LogP contribution is 2.38. The Morgan fingerprint density at radius 3 is 2.10 bits per heavy atom. The van der Waals surface area contributed by atoms with Gasteiger partial charge in [-0.05, 0) is 54.1 Å². The number of methoxy groups -OCH3 is 3. The van der Waals surface area contributed by atoms with Crippen LogP contribution in [0.4, 0.5) is 17.1 Å². The summed E-state index contributed by atoms with van der Waals surface area (Å²) in [4.78, 5) is 12.4. The molecule has 7 nitrogen and oxygen atoms in total. The molecule has 3 rings (SSSR count). The van der Waals surface area contributed by atoms with Crippen LogP contribution in [0.15, 0.2) is 60.7 Å². The predicted octanol–water partition coefficient (Wildman–Crippen LogP) is 4.16. The molecule has 0 radical (unpaired) electrons. The largest absolute Gasteiger partial charge is 0.493 e.